The van der Waals surface area contributed by atoms with Crippen LogP contribution in [0.25, 0.3) is 0 Å². The van der Waals surface area contributed by atoms with Crippen molar-refractivity contribution in [1.29, 1.82) is 0 Å². The number of halogens is 1. The summed E-state index contributed by atoms with van der Waals surface area (Å²) in [4.78, 5) is 23.4. The Morgan fingerprint density at radius 1 is 1.27 bits per heavy atom. The van der Waals surface area contributed by atoms with Gasteiger partial charge in [0.05, 0.1) is 5.75 Å². The van der Waals surface area contributed by atoms with Crippen LogP contribution in [0.1, 0.15) is 16.2 Å². The molecule has 0 radical (unpaired) electrons. The predicted molar refractivity (Wildman–Crippen MR) is 82.7 cm³/mol. The van der Waals surface area contributed by atoms with Crippen LogP contribution in [-0.4, -0.2) is 32.4 Å². The van der Waals surface area contributed by atoms with Crippen LogP contribution in [0.2, 0.25) is 5.02 Å². The fourth-order valence-electron chi connectivity index (χ4n) is 1.41. The summed E-state index contributed by atoms with van der Waals surface area (Å²) in [6.45, 7) is 1.70. The van der Waals surface area contributed by atoms with Gasteiger partial charge in [-0.15, -0.1) is 10.2 Å². The van der Waals surface area contributed by atoms with Crippen LogP contribution < -0.4 is 16.7 Å². The maximum Gasteiger partial charge on any atom is 0.269 e. The molecule has 1 aromatic carbocycles. The van der Waals surface area contributed by atoms with E-state index in [9.17, 15) is 9.59 Å². The molecule has 22 heavy (non-hydrogen) atoms. The summed E-state index contributed by atoms with van der Waals surface area (Å²) < 4.78 is 1.28. The van der Waals surface area contributed by atoms with Crippen molar-refractivity contribution >= 4 is 35.2 Å². The highest BCUT2D eigenvalue weighted by molar-refractivity contribution is 7.99. The van der Waals surface area contributed by atoms with Crippen molar-refractivity contribution in [2.75, 3.05) is 11.6 Å². The van der Waals surface area contributed by atoms with E-state index < -0.39 is 11.8 Å². The van der Waals surface area contributed by atoms with Crippen molar-refractivity contribution in [2.45, 2.75) is 12.1 Å². The SMILES string of the molecule is Cc1nnc(SCC(=O)NNC(=O)c2ccc(Cl)cc2)n1N. The van der Waals surface area contributed by atoms with Gasteiger partial charge in [0.25, 0.3) is 5.91 Å². The van der Waals surface area contributed by atoms with E-state index in [0.717, 1.165) is 11.8 Å². The van der Waals surface area contributed by atoms with E-state index in [-0.39, 0.29) is 5.75 Å². The van der Waals surface area contributed by atoms with Crippen LogP contribution in [0, 0.1) is 6.92 Å². The third-order valence-electron chi connectivity index (χ3n) is 2.59. The molecule has 0 spiro atoms. The number of aryl methyl sites for hydroxylation is 1. The van der Waals surface area contributed by atoms with Crippen molar-refractivity contribution < 1.29 is 9.59 Å². The standard InChI is InChI=1S/C12H13ClN6O2S/c1-7-15-18-12(19(7)14)22-6-10(20)16-17-11(21)8-2-4-9(13)5-3-8/h2-5H,6,14H2,1H3,(H,16,20)(H,17,21). The van der Waals surface area contributed by atoms with E-state index in [1.807, 2.05) is 0 Å². The van der Waals surface area contributed by atoms with Gasteiger partial charge in [0.2, 0.25) is 11.1 Å². The first-order valence-corrected chi connectivity index (χ1v) is 7.48. The number of rotatable bonds is 4. The number of hydrogen-bond acceptors (Lipinski definition) is 6. The Balaban J connectivity index is 1.79. The zero-order valence-electron chi connectivity index (χ0n) is 11.5. The highest BCUT2D eigenvalue weighted by Crippen LogP contribution is 2.13. The molecule has 2 aromatic rings. The number of nitrogens with two attached hydrogens (primary N) is 1. The Morgan fingerprint density at radius 3 is 2.55 bits per heavy atom. The number of nitrogen functional groups attached to an aromatic ring is 1. The van der Waals surface area contributed by atoms with Gasteiger partial charge >= 0.3 is 0 Å². The Hall–Kier alpha value is -2.26. The van der Waals surface area contributed by atoms with E-state index in [2.05, 4.69) is 21.0 Å². The van der Waals surface area contributed by atoms with E-state index in [0.29, 0.717) is 21.6 Å². The predicted octanol–water partition coefficient (Wildman–Crippen LogP) is 0.507. The topological polar surface area (TPSA) is 115 Å². The minimum Gasteiger partial charge on any atom is -0.336 e. The molecule has 2 rings (SSSR count). The molecule has 0 aliphatic rings. The fourth-order valence-corrected chi connectivity index (χ4v) is 2.24. The van der Waals surface area contributed by atoms with Gasteiger partial charge in [-0.1, -0.05) is 23.4 Å². The quantitative estimate of drug-likeness (QED) is 0.424. The van der Waals surface area contributed by atoms with Crippen molar-refractivity contribution in [3.8, 4) is 0 Å². The number of benzene rings is 1. The monoisotopic (exact) mass is 340 g/mol. The van der Waals surface area contributed by atoms with Gasteiger partial charge in [-0.05, 0) is 31.2 Å². The number of hydrazine groups is 1. The number of thioether (sulfide) groups is 1. The second kappa shape index (κ2) is 7.14. The normalized spacial score (nSPS) is 10.3. The molecule has 0 bridgehead atoms. The molecule has 0 aliphatic heterocycles. The molecule has 0 saturated carbocycles. The molecule has 4 N–H and O–H groups in total. The summed E-state index contributed by atoms with van der Waals surface area (Å²) in [6, 6.07) is 6.28. The number of aromatic nitrogens is 3. The molecule has 1 aromatic heterocycles. The Kier molecular flexibility index (Phi) is 5.23. The molecule has 116 valence electrons. The average Bonchev–Trinajstić information content (AvgIpc) is 2.83. The van der Waals surface area contributed by atoms with E-state index in [1.54, 1.807) is 31.2 Å². The second-order valence-corrected chi connectivity index (χ2v) is 5.58. The van der Waals surface area contributed by atoms with Crippen LogP contribution in [0.3, 0.4) is 0 Å². The van der Waals surface area contributed by atoms with E-state index in [1.165, 1.54) is 4.68 Å². The summed E-state index contributed by atoms with van der Waals surface area (Å²) in [5.74, 6) is 5.40. The summed E-state index contributed by atoms with van der Waals surface area (Å²) >= 11 is 6.84. The lowest BCUT2D eigenvalue weighted by atomic mass is 10.2. The van der Waals surface area contributed by atoms with Crippen LogP contribution in [-0.2, 0) is 4.79 Å². The lowest BCUT2D eigenvalue weighted by Gasteiger charge is -2.07. The average molecular weight is 341 g/mol. The maximum atomic E-state index is 11.8. The molecule has 10 heteroatoms. The number of amides is 2. The van der Waals surface area contributed by atoms with E-state index in [4.69, 9.17) is 17.4 Å². The molecular weight excluding hydrogens is 328 g/mol. The summed E-state index contributed by atoms with van der Waals surface area (Å²) in [6.07, 6.45) is 0. The fraction of sp³-hybridized carbons (Fsp3) is 0.167. The lowest BCUT2D eigenvalue weighted by Crippen LogP contribution is -2.42. The lowest BCUT2D eigenvalue weighted by molar-refractivity contribution is -0.119. The minimum absolute atomic E-state index is 0.0379. The summed E-state index contributed by atoms with van der Waals surface area (Å²) in [5.41, 5.74) is 4.99. The zero-order chi connectivity index (χ0) is 16.1. The number of nitrogens with zero attached hydrogens (tertiary/aromatic N) is 3. The highest BCUT2D eigenvalue weighted by atomic mass is 35.5. The van der Waals surface area contributed by atoms with Gasteiger partial charge in [0, 0.05) is 10.6 Å². The van der Waals surface area contributed by atoms with E-state index >= 15 is 0 Å². The molecule has 1 heterocycles. The van der Waals surface area contributed by atoms with Crippen LogP contribution in [0.5, 0.6) is 0 Å². The van der Waals surface area contributed by atoms with Gasteiger partial charge in [0.1, 0.15) is 5.82 Å². The zero-order valence-corrected chi connectivity index (χ0v) is 13.1. The third-order valence-corrected chi connectivity index (χ3v) is 3.78. The Bertz CT molecular complexity index is 687. The number of hydrogen-bond donors (Lipinski definition) is 3. The molecule has 0 atom stereocenters. The smallest absolute Gasteiger partial charge is 0.269 e. The van der Waals surface area contributed by atoms with Gasteiger partial charge in [-0.2, -0.15) is 0 Å². The number of carbonyl (C=O) groups is 2. The van der Waals surface area contributed by atoms with Gasteiger partial charge in [-0.3, -0.25) is 20.4 Å². The van der Waals surface area contributed by atoms with Crippen LogP contribution in [0.15, 0.2) is 29.4 Å². The molecule has 8 nitrogen and oxygen atoms in total. The van der Waals surface area contributed by atoms with Crippen LogP contribution in [0.4, 0.5) is 0 Å². The number of nitrogens with one attached hydrogen (secondary N) is 2. The van der Waals surface area contributed by atoms with Crippen LogP contribution >= 0.6 is 23.4 Å². The summed E-state index contributed by atoms with van der Waals surface area (Å²) in [5, 5.41) is 8.52. The molecule has 0 aliphatic carbocycles. The Labute approximate surface area is 135 Å². The van der Waals surface area contributed by atoms with Crippen molar-refractivity contribution in [3.05, 3.63) is 40.7 Å². The highest BCUT2D eigenvalue weighted by Gasteiger charge is 2.11. The Morgan fingerprint density at radius 2 is 1.95 bits per heavy atom. The molecule has 2 amide bonds. The number of carbonyl (C=O) groups excluding carboxylic acids is 2. The van der Waals surface area contributed by atoms with Crippen molar-refractivity contribution in [2.24, 2.45) is 0 Å². The maximum absolute atomic E-state index is 11.8. The molecule has 0 saturated heterocycles. The molecular formula is C12H13ClN6O2S. The minimum atomic E-state index is -0.437. The van der Waals surface area contributed by atoms with Gasteiger partial charge in [0.15, 0.2) is 0 Å². The van der Waals surface area contributed by atoms with Gasteiger partial charge in [-0.25, -0.2) is 4.68 Å². The van der Waals surface area contributed by atoms with Gasteiger partial charge < -0.3 is 5.84 Å². The molecule has 0 unspecified atom stereocenters. The third kappa shape index (κ3) is 4.12. The molecule has 0 fully saturated rings. The van der Waals surface area contributed by atoms with Crippen molar-refractivity contribution in [3.63, 3.8) is 0 Å². The first kappa shape index (κ1) is 16.1. The second-order valence-electron chi connectivity index (χ2n) is 4.20. The first-order valence-electron chi connectivity index (χ1n) is 6.12. The largest absolute Gasteiger partial charge is 0.336 e. The first-order chi connectivity index (χ1) is 10.5. The summed E-state index contributed by atoms with van der Waals surface area (Å²) in [7, 11) is 0. The van der Waals surface area contributed by atoms with Crippen molar-refractivity contribution in [1.82, 2.24) is 25.7 Å².